The molecule has 1 aromatic carbocycles. The van der Waals surface area contributed by atoms with E-state index in [-0.39, 0.29) is 18.7 Å². The Morgan fingerprint density at radius 1 is 1.05 bits per heavy atom. The zero-order valence-electron chi connectivity index (χ0n) is 10.2. The molecule has 0 amide bonds. The lowest BCUT2D eigenvalue weighted by molar-refractivity contribution is -0.162. The monoisotopic (exact) mass is 300 g/mol. The van der Waals surface area contributed by atoms with Crippen LogP contribution in [0.5, 0.6) is 0 Å². The van der Waals surface area contributed by atoms with Crippen molar-refractivity contribution in [2.75, 3.05) is 6.61 Å². The molecule has 0 bridgehead atoms. The zero-order chi connectivity index (χ0) is 15.6. The Morgan fingerprint density at radius 2 is 1.60 bits per heavy atom. The SMILES string of the molecule is CCCOC(=O)c1ccc(C(F)(F)F)c(C(F)(F)F)c1. The van der Waals surface area contributed by atoms with Crippen LogP contribution < -0.4 is 0 Å². The van der Waals surface area contributed by atoms with Crippen LogP contribution >= 0.6 is 0 Å². The number of ether oxygens (including phenoxy) is 1. The van der Waals surface area contributed by atoms with Gasteiger partial charge in [-0.1, -0.05) is 6.92 Å². The maximum atomic E-state index is 12.6. The number of esters is 1. The van der Waals surface area contributed by atoms with Crippen molar-refractivity contribution in [3.05, 3.63) is 34.9 Å². The molecule has 0 saturated heterocycles. The molecule has 112 valence electrons. The predicted octanol–water partition coefficient (Wildman–Crippen LogP) is 4.29. The third-order valence-corrected chi connectivity index (χ3v) is 2.30. The number of carbonyl (C=O) groups is 1. The number of halogens is 6. The minimum atomic E-state index is -5.22. The van der Waals surface area contributed by atoms with Gasteiger partial charge >= 0.3 is 18.3 Å². The Balaban J connectivity index is 3.25. The molecule has 0 fully saturated rings. The van der Waals surface area contributed by atoms with Gasteiger partial charge < -0.3 is 4.74 Å². The summed E-state index contributed by atoms with van der Waals surface area (Å²) in [5.74, 6) is -1.09. The van der Waals surface area contributed by atoms with E-state index in [1.54, 1.807) is 6.92 Å². The maximum Gasteiger partial charge on any atom is 0.417 e. The fourth-order valence-corrected chi connectivity index (χ4v) is 1.43. The summed E-state index contributed by atoms with van der Waals surface area (Å²) < 4.78 is 79.9. The molecule has 0 N–H and O–H groups in total. The van der Waals surface area contributed by atoms with Crippen molar-refractivity contribution < 1.29 is 35.9 Å². The van der Waals surface area contributed by atoms with E-state index in [1.165, 1.54) is 0 Å². The Labute approximate surface area is 110 Å². The molecule has 1 aromatic rings. The summed E-state index contributed by atoms with van der Waals surface area (Å²) >= 11 is 0. The van der Waals surface area contributed by atoms with Crippen LogP contribution in [0.4, 0.5) is 26.3 Å². The Bertz CT molecular complexity index is 490. The molecule has 0 aromatic heterocycles. The van der Waals surface area contributed by atoms with Gasteiger partial charge in [-0.15, -0.1) is 0 Å². The summed E-state index contributed by atoms with van der Waals surface area (Å²) in [6.45, 7) is 1.64. The van der Waals surface area contributed by atoms with Crippen molar-refractivity contribution in [1.29, 1.82) is 0 Å². The number of benzene rings is 1. The summed E-state index contributed by atoms with van der Waals surface area (Å²) in [6.07, 6.45) is -9.93. The highest BCUT2D eigenvalue weighted by Crippen LogP contribution is 2.40. The van der Waals surface area contributed by atoms with Crippen LogP contribution in [0.25, 0.3) is 0 Å². The van der Waals surface area contributed by atoms with Gasteiger partial charge in [0, 0.05) is 0 Å². The van der Waals surface area contributed by atoms with Crippen LogP contribution in [0.1, 0.15) is 34.8 Å². The highest BCUT2D eigenvalue weighted by Gasteiger charge is 2.43. The fourth-order valence-electron chi connectivity index (χ4n) is 1.43. The van der Waals surface area contributed by atoms with Gasteiger partial charge in [0.25, 0.3) is 0 Å². The molecule has 2 nitrogen and oxygen atoms in total. The summed E-state index contributed by atoms with van der Waals surface area (Å²) in [5, 5.41) is 0. The van der Waals surface area contributed by atoms with Crippen LogP contribution in [-0.4, -0.2) is 12.6 Å². The Kier molecular flexibility index (Phi) is 4.67. The number of alkyl halides is 6. The van der Waals surface area contributed by atoms with Crippen LogP contribution in [0, 0.1) is 0 Å². The second kappa shape index (κ2) is 5.72. The van der Waals surface area contributed by atoms with E-state index in [0.29, 0.717) is 12.5 Å². The molecule has 20 heavy (non-hydrogen) atoms. The Hall–Kier alpha value is -1.73. The number of rotatable bonds is 3. The van der Waals surface area contributed by atoms with Gasteiger partial charge in [0.05, 0.1) is 23.3 Å². The first-order valence-electron chi connectivity index (χ1n) is 5.53. The van der Waals surface area contributed by atoms with E-state index in [0.717, 1.165) is 0 Å². The van der Waals surface area contributed by atoms with E-state index < -0.39 is 35.0 Å². The highest BCUT2D eigenvalue weighted by molar-refractivity contribution is 5.89. The van der Waals surface area contributed by atoms with Crippen LogP contribution in [0.3, 0.4) is 0 Å². The van der Waals surface area contributed by atoms with Gasteiger partial charge in [-0.25, -0.2) is 4.79 Å². The van der Waals surface area contributed by atoms with Crippen LogP contribution in [0.2, 0.25) is 0 Å². The second-order valence-electron chi connectivity index (χ2n) is 3.89. The topological polar surface area (TPSA) is 26.3 Å². The van der Waals surface area contributed by atoms with Crippen molar-refractivity contribution in [2.24, 2.45) is 0 Å². The summed E-state index contributed by atoms with van der Waals surface area (Å²) in [4.78, 5) is 11.4. The average molecular weight is 300 g/mol. The summed E-state index contributed by atoms with van der Waals surface area (Å²) in [5.41, 5.74) is -4.31. The quantitative estimate of drug-likeness (QED) is 0.615. The lowest BCUT2D eigenvalue weighted by atomic mass is 10.0. The van der Waals surface area contributed by atoms with E-state index in [4.69, 9.17) is 0 Å². The average Bonchev–Trinajstić information content (AvgIpc) is 2.33. The summed E-state index contributed by atoms with van der Waals surface area (Å²) in [6, 6.07) is 1.04. The van der Waals surface area contributed by atoms with Gasteiger partial charge in [0.1, 0.15) is 0 Å². The third-order valence-electron chi connectivity index (χ3n) is 2.30. The molecule has 0 radical (unpaired) electrons. The lowest BCUT2D eigenvalue weighted by Gasteiger charge is -2.16. The molecule has 0 heterocycles. The molecule has 0 atom stereocenters. The number of hydrogen-bond acceptors (Lipinski definition) is 2. The number of carbonyl (C=O) groups excluding carboxylic acids is 1. The normalized spacial score (nSPS) is 12.3. The minimum absolute atomic E-state index is 0.0266. The van der Waals surface area contributed by atoms with Crippen molar-refractivity contribution >= 4 is 5.97 Å². The molecule has 0 unspecified atom stereocenters. The molecule has 0 aliphatic carbocycles. The lowest BCUT2D eigenvalue weighted by Crippen LogP contribution is -2.18. The number of hydrogen-bond donors (Lipinski definition) is 0. The highest BCUT2D eigenvalue weighted by atomic mass is 19.4. The first-order chi connectivity index (χ1) is 9.07. The van der Waals surface area contributed by atoms with Gasteiger partial charge in [-0.3, -0.25) is 0 Å². The van der Waals surface area contributed by atoms with Crippen molar-refractivity contribution in [2.45, 2.75) is 25.7 Å². The molecule has 8 heteroatoms. The van der Waals surface area contributed by atoms with Crippen LogP contribution in [0.15, 0.2) is 18.2 Å². The summed E-state index contributed by atoms with van der Waals surface area (Å²) in [7, 11) is 0. The fraction of sp³-hybridized carbons (Fsp3) is 0.417. The second-order valence-corrected chi connectivity index (χ2v) is 3.89. The van der Waals surface area contributed by atoms with Gasteiger partial charge in [0.2, 0.25) is 0 Å². The molecule has 1 rings (SSSR count). The standard InChI is InChI=1S/C12H10F6O2/c1-2-5-20-10(19)7-3-4-8(11(13,14)15)9(6-7)12(16,17)18/h3-4,6H,2,5H2,1H3. The van der Waals surface area contributed by atoms with E-state index in [9.17, 15) is 31.1 Å². The first-order valence-corrected chi connectivity index (χ1v) is 5.53. The molecular formula is C12H10F6O2. The Morgan fingerprint density at radius 3 is 2.05 bits per heavy atom. The molecule has 0 aliphatic rings. The third kappa shape index (κ3) is 3.88. The molecular weight excluding hydrogens is 290 g/mol. The molecule has 0 aliphatic heterocycles. The minimum Gasteiger partial charge on any atom is -0.462 e. The van der Waals surface area contributed by atoms with Gasteiger partial charge in [-0.05, 0) is 24.6 Å². The first kappa shape index (κ1) is 16.3. The predicted molar refractivity (Wildman–Crippen MR) is 57.0 cm³/mol. The smallest absolute Gasteiger partial charge is 0.417 e. The largest absolute Gasteiger partial charge is 0.462 e. The van der Waals surface area contributed by atoms with Gasteiger partial charge in [-0.2, -0.15) is 26.3 Å². The van der Waals surface area contributed by atoms with Crippen LogP contribution in [-0.2, 0) is 17.1 Å². The van der Waals surface area contributed by atoms with Gasteiger partial charge in [0.15, 0.2) is 0 Å². The molecule has 0 saturated carbocycles. The van der Waals surface area contributed by atoms with E-state index in [2.05, 4.69) is 4.74 Å². The van der Waals surface area contributed by atoms with E-state index in [1.807, 2.05) is 0 Å². The van der Waals surface area contributed by atoms with Crippen molar-refractivity contribution in [3.63, 3.8) is 0 Å². The van der Waals surface area contributed by atoms with Crippen molar-refractivity contribution in [1.82, 2.24) is 0 Å². The molecule has 0 spiro atoms. The zero-order valence-corrected chi connectivity index (χ0v) is 10.2. The maximum absolute atomic E-state index is 12.6. The van der Waals surface area contributed by atoms with Crippen molar-refractivity contribution in [3.8, 4) is 0 Å². The van der Waals surface area contributed by atoms with E-state index >= 15 is 0 Å².